The first kappa shape index (κ1) is 21.7. The zero-order valence-electron chi connectivity index (χ0n) is 17.4. The van der Waals surface area contributed by atoms with Crippen molar-refractivity contribution in [2.24, 2.45) is 4.99 Å². The monoisotopic (exact) mass is 382 g/mol. The Morgan fingerprint density at radius 1 is 1.00 bits per heavy atom. The van der Waals surface area contributed by atoms with Crippen molar-refractivity contribution in [1.29, 1.82) is 0 Å². The van der Waals surface area contributed by atoms with E-state index in [2.05, 4.69) is 53.7 Å². The molecule has 0 saturated heterocycles. The lowest BCUT2D eigenvalue weighted by molar-refractivity contribution is 0.585. The van der Waals surface area contributed by atoms with E-state index in [4.69, 9.17) is 0 Å². The van der Waals surface area contributed by atoms with E-state index in [1.807, 2.05) is 12.3 Å². The highest BCUT2D eigenvalue weighted by molar-refractivity contribution is 5.79. The lowest BCUT2D eigenvalue weighted by Gasteiger charge is -2.12. The highest BCUT2D eigenvalue weighted by Crippen LogP contribution is 2.15. The molecular weight excluding hydrogens is 348 g/mol. The number of nitrogens with one attached hydrogen (secondary N) is 2. The van der Waals surface area contributed by atoms with Crippen molar-refractivity contribution in [3.8, 4) is 0 Å². The van der Waals surface area contributed by atoms with E-state index in [9.17, 15) is 4.79 Å². The Balaban J connectivity index is 1.58. The molecule has 0 spiro atoms. The van der Waals surface area contributed by atoms with Crippen molar-refractivity contribution >= 4 is 5.96 Å². The fourth-order valence-electron chi connectivity index (χ4n) is 3.05. The van der Waals surface area contributed by atoms with Crippen LogP contribution in [0.25, 0.3) is 0 Å². The molecule has 0 radical (unpaired) electrons. The third-order valence-corrected chi connectivity index (χ3v) is 4.82. The van der Waals surface area contributed by atoms with Gasteiger partial charge in [0.25, 0.3) is 0 Å². The maximum absolute atomic E-state index is 11.7. The molecule has 1 heterocycles. The smallest absolute Gasteiger partial charge is 0.250 e. The summed E-state index contributed by atoms with van der Waals surface area (Å²) in [5, 5.41) is 6.71. The summed E-state index contributed by atoms with van der Waals surface area (Å²) in [5.41, 5.74) is 2.83. The van der Waals surface area contributed by atoms with Gasteiger partial charge in [0.15, 0.2) is 5.96 Å². The summed E-state index contributed by atoms with van der Waals surface area (Å²) in [4.78, 5) is 15.9. The number of unbranched alkanes of at least 4 members (excludes halogenated alkanes) is 1. The van der Waals surface area contributed by atoms with Crippen LogP contribution in [0.3, 0.4) is 0 Å². The van der Waals surface area contributed by atoms with Gasteiger partial charge in [-0.3, -0.25) is 9.79 Å². The van der Waals surface area contributed by atoms with E-state index in [-0.39, 0.29) is 5.56 Å². The molecule has 2 rings (SSSR count). The van der Waals surface area contributed by atoms with Gasteiger partial charge in [-0.2, -0.15) is 0 Å². The largest absolute Gasteiger partial charge is 0.356 e. The van der Waals surface area contributed by atoms with Gasteiger partial charge < -0.3 is 15.2 Å². The zero-order valence-corrected chi connectivity index (χ0v) is 17.4. The number of aromatic nitrogens is 1. The first-order valence-electron chi connectivity index (χ1n) is 10.3. The topological polar surface area (TPSA) is 58.4 Å². The van der Waals surface area contributed by atoms with Gasteiger partial charge in [0.1, 0.15) is 0 Å². The second-order valence-corrected chi connectivity index (χ2v) is 7.36. The molecule has 0 aliphatic rings. The van der Waals surface area contributed by atoms with Gasteiger partial charge in [0, 0.05) is 38.9 Å². The van der Waals surface area contributed by atoms with Crippen molar-refractivity contribution in [3.05, 3.63) is 70.1 Å². The SMILES string of the molecule is CN=C(NCCCCn1ccccc1=O)NCCCc1ccc(C(C)C)cc1. The summed E-state index contributed by atoms with van der Waals surface area (Å²) < 4.78 is 1.75. The van der Waals surface area contributed by atoms with Gasteiger partial charge >= 0.3 is 0 Å². The van der Waals surface area contributed by atoms with Gasteiger partial charge in [-0.25, -0.2) is 0 Å². The molecule has 1 aromatic carbocycles. The lowest BCUT2D eigenvalue weighted by atomic mass is 10.0. The number of pyridine rings is 1. The molecule has 1 aromatic heterocycles. The van der Waals surface area contributed by atoms with Crippen LogP contribution in [0.4, 0.5) is 0 Å². The van der Waals surface area contributed by atoms with Crippen LogP contribution in [0.15, 0.2) is 58.4 Å². The van der Waals surface area contributed by atoms with E-state index < -0.39 is 0 Å². The van der Waals surface area contributed by atoms with Crippen LogP contribution in [0.5, 0.6) is 0 Å². The summed E-state index contributed by atoms with van der Waals surface area (Å²) in [6.07, 6.45) is 5.92. The van der Waals surface area contributed by atoms with Crippen molar-refractivity contribution in [2.45, 2.75) is 52.0 Å². The highest BCUT2D eigenvalue weighted by Gasteiger charge is 2.01. The number of guanidine groups is 1. The molecule has 0 fully saturated rings. The molecule has 0 atom stereocenters. The average Bonchev–Trinajstić information content (AvgIpc) is 2.71. The van der Waals surface area contributed by atoms with Crippen LogP contribution in [-0.2, 0) is 13.0 Å². The number of benzene rings is 1. The first-order valence-corrected chi connectivity index (χ1v) is 10.3. The Kier molecular flexibility index (Phi) is 9.32. The number of aliphatic imine (C=N–C) groups is 1. The maximum atomic E-state index is 11.7. The Morgan fingerprint density at radius 2 is 1.71 bits per heavy atom. The van der Waals surface area contributed by atoms with Crippen molar-refractivity contribution in [1.82, 2.24) is 15.2 Å². The molecule has 5 heteroatoms. The van der Waals surface area contributed by atoms with Gasteiger partial charge in [-0.15, -0.1) is 0 Å². The number of aryl methyl sites for hydroxylation is 2. The lowest BCUT2D eigenvalue weighted by Crippen LogP contribution is -2.38. The fraction of sp³-hybridized carbons (Fsp3) is 0.478. The normalized spacial score (nSPS) is 11.6. The van der Waals surface area contributed by atoms with E-state index >= 15 is 0 Å². The van der Waals surface area contributed by atoms with Gasteiger partial charge in [0.05, 0.1) is 0 Å². The summed E-state index contributed by atoms with van der Waals surface area (Å²) in [6, 6.07) is 14.2. The van der Waals surface area contributed by atoms with Crippen LogP contribution in [-0.4, -0.2) is 30.7 Å². The van der Waals surface area contributed by atoms with Gasteiger partial charge in [-0.1, -0.05) is 44.2 Å². The number of nitrogens with zero attached hydrogens (tertiary/aromatic N) is 2. The number of rotatable bonds is 10. The van der Waals surface area contributed by atoms with Crippen molar-refractivity contribution in [3.63, 3.8) is 0 Å². The van der Waals surface area contributed by atoms with Crippen molar-refractivity contribution in [2.75, 3.05) is 20.1 Å². The Hall–Kier alpha value is -2.56. The molecule has 0 unspecified atom stereocenters. The fourth-order valence-corrected chi connectivity index (χ4v) is 3.05. The average molecular weight is 383 g/mol. The van der Waals surface area contributed by atoms with Crippen LogP contribution < -0.4 is 16.2 Å². The molecule has 2 aromatic rings. The summed E-state index contributed by atoms with van der Waals surface area (Å²) in [5.74, 6) is 1.42. The highest BCUT2D eigenvalue weighted by atomic mass is 16.1. The summed E-state index contributed by atoms with van der Waals surface area (Å²) in [6.45, 7) is 6.93. The van der Waals surface area contributed by atoms with E-state index in [0.29, 0.717) is 5.92 Å². The molecule has 152 valence electrons. The molecule has 2 N–H and O–H groups in total. The minimum atomic E-state index is 0.0618. The number of hydrogen-bond donors (Lipinski definition) is 2. The van der Waals surface area contributed by atoms with Crippen molar-refractivity contribution < 1.29 is 0 Å². The third-order valence-electron chi connectivity index (χ3n) is 4.82. The molecular formula is C23H34N4O. The Labute approximate surface area is 168 Å². The van der Waals surface area contributed by atoms with E-state index in [1.165, 1.54) is 11.1 Å². The van der Waals surface area contributed by atoms with Crippen LogP contribution in [0.1, 0.15) is 50.2 Å². The van der Waals surface area contributed by atoms with E-state index in [1.54, 1.807) is 23.7 Å². The molecule has 28 heavy (non-hydrogen) atoms. The molecule has 5 nitrogen and oxygen atoms in total. The molecule has 0 bridgehead atoms. The third kappa shape index (κ3) is 7.59. The van der Waals surface area contributed by atoms with E-state index in [0.717, 1.165) is 51.3 Å². The number of hydrogen-bond acceptors (Lipinski definition) is 2. The first-order chi connectivity index (χ1) is 13.6. The quantitative estimate of drug-likeness (QED) is 0.375. The predicted molar refractivity (Wildman–Crippen MR) is 118 cm³/mol. The zero-order chi connectivity index (χ0) is 20.2. The minimum absolute atomic E-state index is 0.0618. The van der Waals surface area contributed by atoms with Gasteiger partial charge in [0.2, 0.25) is 5.56 Å². The van der Waals surface area contributed by atoms with Gasteiger partial charge in [-0.05, 0) is 48.8 Å². The molecule has 0 amide bonds. The molecule has 0 aliphatic heterocycles. The predicted octanol–water partition coefficient (Wildman–Crippen LogP) is 3.55. The second-order valence-electron chi connectivity index (χ2n) is 7.36. The molecule has 0 aliphatic carbocycles. The van der Waals surface area contributed by atoms with Crippen LogP contribution in [0.2, 0.25) is 0 Å². The minimum Gasteiger partial charge on any atom is -0.356 e. The standard InChI is InChI=1S/C23H34N4O/c1-19(2)21-13-11-20(12-14-21)9-8-16-26-23(24-3)25-15-5-7-18-27-17-6-4-10-22(27)28/h4,6,10-14,17,19H,5,7-9,15-16,18H2,1-3H3,(H2,24,25,26). The maximum Gasteiger partial charge on any atom is 0.250 e. The Morgan fingerprint density at radius 3 is 2.36 bits per heavy atom. The van der Waals surface area contributed by atoms with Crippen LogP contribution in [0, 0.1) is 0 Å². The van der Waals surface area contributed by atoms with Crippen LogP contribution >= 0.6 is 0 Å². The summed E-state index contributed by atoms with van der Waals surface area (Å²) >= 11 is 0. The molecule has 0 saturated carbocycles. The Bertz CT molecular complexity index is 778. The summed E-state index contributed by atoms with van der Waals surface area (Å²) in [7, 11) is 1.80. The second kappa shape index (κ2) is 12.0.